The largest absolute Gasteiger partial charge is 0.454 e. The third-order valence-electron chi connectivity index (χ3n) is 5.39. The van der Waals surface area contributed by atoms with Crippen LogP contribution in [0.1, 0.15) is 30.4 Å². The normalized spacial score (nSPS) is 15.7. The molecule has 0 saturated heterocycles. The third-order valence-corrected chi connectivity index (χ3v) is 5.64. The minimum absolute atomic E-state index is 0.0340. The summed E-state index contributed by atoms with van der Waals surface area (Å²) in [4.78, 5) is 0. The Morgan fingerprint density at radius 3 is 2.39 bits per heavy atom. The molecule has 156 valence electrons. The standard InChI is InChI=1S/C26H20ClF2NO/c27-21-11-8-19(9-12-21)26(17-30,16-22(28)14-18-6-7-18)20-10-13-24(29)25(15-20)31-23-4-2-1-3-5-23/h1-5,8-13,15-16,18H,6-7,14H2. The van der Waals surface area contributed by atoms with E-state index in [0.29, 0.717) is 34.2 Å². The van der Waals surface area contributed by atoms with Crippen molar-refractivity contribution in [1.29, 1.82) is 5.26 Å². The molecule has 3 aromatic rings. The first-order valence-electron chi connectivity index (χ1n) is 10.1. The molecule has 0 aromatic heterocycles. The summed E-state index contributed by atoms with van der Waals surface area (Å²) in [5.41, 5.74) is -0.496. The van der Waals surface area contributed by atoms with Gasteiger partial charge in [0.1, 0.15) is 11.2 Å². The summed E-state index contributed by atoms with van der Waals surface area (Å²) >= 11 is 6.03. The molecule has 4 rings (SSSR count). The maximum Gasteiger partial charge on any atom is 0.165 e. The lowest BCUT2D eigenvalue weighted by atomic mass is 9.75. The van der Waals surface area contributed by atoms with E-state index >= 15 is 0 Å². The van der Waals surface area contributed by atoms with Gasteiger partial charge >= 0.3 is 0 Å². The minimum atomic E-state index is -1.45. The molecular weight excluding hydrogens is 416 g/mol. The lowest BCUT2D eigenvalue weighted by Crippen LogP contribution is -2.24. The van der Waals surface area contributed by atoms with Crippen LogP contribution in [0.15, 0.2) is 84.7 Å². The second-order valence-electron chi connectivity index (χ2n) is 7.73. The van der Waals surface area contributed by atoms with Crippen LogP contribution >= 0.6 is 11.6 Å². The first-order chi connectivity index (χ1) is 15.0. The van der Waals surface area contributed by atoms with E-state index in [2.05, 4.69) is 6.07 Å². The molecule has 3 aromatic carbocycles. The number of hydrogen-bond donors (Lipinski definition) is 0. The molecule has 1 unspecified atom stereocenters. The second-order valence-corrected chi connectivity index (χ2v) is 8.16. The number of allylic oxidation sites excluding steroid dienone is 2. The molecule has 0 bridgehead atoms. The molecule has 0 amide bonds. The Hall–Kier alpha value is -3.16. The predicted octanol–water partition coefficient (Wildman–Crippen LogP) is 7.73. The third kappa shape index (κ3) is 4.78. The van der Waals surface area contributed by atoms with Crippen molar-refractivity contribution >= 4 is 11.6 Å². The van der Waals surface area contributed by atoms with Gasteiger partial charge in [0.2, 0.25) is 0 Å². The Balaban J connectivity index is 1.82. The van der Waals surface area contributed by atoms with Crippen molar-refractivity contribution in [2.45, 2.75) is 24.7 Å². The molecule has 1 aliphatic rings. The Morgan fingerprint density at radius 2 is 1.74 bits per heavy atom. The Bertz CT molecular complexity index is 1130. The van der Waals surface area contributed by atoms with E-state index in [-0.39, 0.29) is 11.6 Å². The van der Waals surface area contributed by atoms with Crippen LogP contribution in [0.2, 0.25) is 5.02 Å². The molecule has 2 nitrogen and oxygen atoms in total. The highest BCUT2D eigenvalue weighted by Gasteiger charge is 2.35. The maximum absolute atomic E-state index is 14.9. The number of benzene rings is 3. The topological polar surface area (TPSA) is 33.0 Å². The molecule has 1 fully saturated rings. The molecule has 1 saturated carbocycles. The molecule has 0 N–H and O–H groups in total. The Labute approximate surface area is 185 Å². The van der Waals surface area contributed by atoms with Gasteiger partial charge in [-0.1, -0.05) is 48.0 Å². The fraction of sp³-hybridized carbons (Fsp3) is 0.192. The number of halogens is 3. The maximum atomic E-state index is 14.9. The van der Waals surface area contributed by atoms with Gasteiger partial charge in [0.05, 0.1) is 11.9 Å². The molecule has 5 heteroatoms. The van der Waals surface area contributed by atoms with Crippen molar-refractivity contribution in [1.82, 2.24) is 0 Å². The minimum Gasteiger partial charge on any atom is -0.454 e. The smallest absolute Gasteiger partial charge is 0.165 e. The molecule has 0 radical (unpaired) electrons. The van der Waals surface area contributed by atoms with Crippen LogP contribution in [-0.2, 0) is 5.41 Å². The van der Waals surface area contributed by atoms with E-state index in [9.17, 15) is 14.0 Å². The van der Waals surface area contributed by atoms with E-state index in [1.807, 2.05) is 6.07 Å². The number of rotatable bonds is 7. The summed E-state index contributed by atoms with van der Waals surface area (Å²) in [6.45, 7) is 0. The zero-order chi connectivity index (χ0) is 21.8. The van der Waals surface area contributed by atoms with Crippen LogP contribution in [0, 0.1) is 23.1 Å². The number of nitrogens with zero attached hydrogens (tertiary/aromatic N) is 1. The number of ether oxygens (including phenoxy) is 1. The Morgan fingerprint density at radius 1 is 1.06 bits per heavy atom. The molecule has 1 atom stereocenters. The van der Waals surface area contributed by atoms with Gasteiger partial charge in [-0.3, -0.25) is 0 Å². The summed E-state index contributed by atoms with van der Waals surface area (Å²) in [5, 5.41) is 10.8. The zero-order valence-corrected chi connectivity index (χ0v) is 17.4. The van der Waals surface area contributed by atoms with E-state index in [1.165, 1.54) is 24.3 Å². The lowest BCUT2D eigenvalue weighted by molar-refractivity contribution is 0.441. The fourth-order valence-corrected chi connectivity index (χ4v) is 3.67. The summed E-state index contributed by atoms with van der Waals surface area (Å²) in [5.74, 6) is -0.175. The first-order valence-corrected chi connectivity index (χ1v) is 10.5. The summed E-state index contributed by atoms with van der Waals surface area (Å²) in [6, 6.07) is 21.9. The van der Waals surface area contributed by atoms with Crippen LogP contribution < -0.4 is 4.74 Å². The molecular formula is C26H20ClF2NO. The van der Waals surface area contributed by atoms with Crippen molar-refractivity contribution < 1.29 is 13.5 Å². The molecule has 0 heterocycles. The number of nitriles is 1. The van der Waals surface area contributed by atoms with Gasteiger partial charge in [-0.15, -0.1) is 0 Å². The van der Waals surface area contributed by atoms with Crippen LogP contribution in [-0.4, -0.2) is 0 Å². The highest BCUT2D eigenvalue weighted by Crippen LogP contribution is 2.41. The number of hydrogen-bond acceptors (Lipinski definition) is 2. The van der Waals surface area contributed by atoms with Crippen molar-refractivity contribution in [2.24, 2.45) is 5.92 Å². The molecule has 0 spiro atoms. The Kier molecular flexibility index (Phi) is 6.06. The second kappa shape index (κ2) is 8.91. The van der Waals surface area contributed by atoms with Crippen LogP contribution in [0.5, 0.6) is 11.5 Å². The SMILES string of the molecule is N#CC(C=C(F)CC1CC1)(c1ccc(Cl)cc1)c1ccc(F)c(Oc2ccccc2)c1. The van der Waals surface area contributed by atoms with E-state index in [0.717, 1.165) is 12.8 Å². The van der Waals surface area contributed by atoms with Crippen molar-refractivity contribution in [3.63, 3.8) is 0 Å². The van der Waals surface area contributed by atoms with Gasteiger partial charge < -0.3 is 4.74 Å². The van der Waals surface area contributed by atoms with Crippen molar-refractivity contribution in [3.8, 4) is 17.6 Å². The van der Waals surface area contributed by atoms with Crippen LogP contribution in [0.4, 0.5) is 8.78 Å². The van der Waals surface area contributed by atoms with E-state index in [1.54, 1.807) is 48.5 Å². The quantitative estimate of drug-likeness (QED) is 0.380. The lowest BCUT2D eigenvalue weighted by Gasteiger charge is -2.25. The van der Waals surface area contributed by atoms with Gasteiger partial charge in [0.15, 0.2) is 11.6 Å². The van der Waals surface area contributed by atoms with Gasteiger partial charge in [0.25, 0.3) is 0 Å². The number of para-hydroxylation sites is 1. The first kappa shape index (κ1) is 21.1. The summed E-state index contributed by atoms with van der Waals surface area (Å²) < 4.78 is 35.2. The molecule has 0 aliphatic heterocycles. The highest BCUT2D eigenvalue weighted by atomic mass is 35.5. The predicted molar refractivity (Wildman–Crippen MR) is 117 cm³/mol. The summed E-state index contributed by atoms with van der Waals surface area (Å²) in [6.07, 6.45) is 3.63. The monoisotopic (exact) mass is 435 g/mol. The van der Waals surface area contributed by atoms with Crippen molar-refractivity contribution in [3.05, 3.63) is 107 Å². The van der Waals surface area contributed by atoms with Crippen molar-refractivity contribution in [2.75, 3.05) is 0 Å². The van der Waals surface area contributed by atoms with E-state index in [4.69, 9.17) is 16.3 Å². The highest BCUT2D eigenvalue weighted by molar-refractivity contribution is 6.30. The fourth-order valence-electron chi connectivity index (χ4n) is 3.54. The molecule has 31 heavy (non-hydrogen) atoms. The summed E-state index contributed by atoms with van der Waals surface area (Å²) in [7, 11) is 0. The average molecular weight is 436 g/mol. The van der Waals surface area contributed by atoms with Gasteiger partial charge in [0, 0.05) is 11.4 Å². The average Bonchev–Trinajstić information content (AvgIpc) is 3.59. The zero-order valence-electron chi connectivity index (χ0n) is 16.7. The molecule has 1 aliphatic carbocycles. The van der Waals surface area contributed by atoms with Crippen LogP contribution in [0.3, 0.4) is 0 Å². The van der Waals surface area contributed by atoms with Gasteiger partial charge in [-0.2, -0.15) is 5.26 Å². The van der Waals surface area contributed by atoms with E-state index < -0.39 is 11.2 Å². The van der Waals surface area contributed by atoms with Gasteiger partial charge in [-0.25, -0.2) is 8.78 Å². The van der Waals surface area contributed by atoms with Crippen LogP contribution in [0.25, 0.3) is 0 Å². The van der Waals surface area contributed by atoms with Gasteiger partial charge in [-0.05, 0) is 72.4 Å².